The maximum atomic E-state index is 11.1. The van der Waals surface area contributed by atoms with Gasteiger partial charge in [0.25, 0.3) is 5.69 Å². The number of nitrogens with one attached hydrogen (secondary N) is 2. The second-order valence-corrected chi connectivity index (χ2v) is 5.16. The van der Waals surface area contributed by atoms with Crippen LogP contribution in [0.25, 0.3) is 10.9 Å². The SMILES string of the molecule is O=c1[nH]c(CNc2ccc([N+](=O)[O-])c3ncccc23)cs1. The summed E-state index contributed by atoms with van der Waals surface area (Å²) in [5, 5.41) is 16.6. The predicted molar refractivity (Wildman–Crippen MR) is 80.7 cm³/mol. The molecule has 3 rings (SSSR count). The molecule has 0 aliphatic carbocycles. The van der Waals surface area contributed by atoms with Crippen LogP contribution in [0.3, 0.4) is 0 Å². The summed E-state index contributed by atoms with van der Waals surface area (Å²) in [7, 11) is 0. The van der Waals surface area contributed by atoms with Crippen molar-refractivity contribution >= 4 is 33.6 Å². The smallest absolute Gasteiger partial charge is 0.304 e. The molecule has 2 N–H and O–H groups in total. The highest BCUT2D eigenvalue weighted by molar-refractivity contribution is 7.07. The summed E-state index contributed by atoms with van der Waals surface area (Å²) in [5.41, 5.74) is 1.81. The molecule has 3 aromatic rings. The van der Waals surface area contributed by atoms with Gasteiger partial charge in [-0.25, -0.2) is 4.98 Å². The van der Waals surface area contributed by atoms with Crippen LogP contribution in [-0.2, 0) is 6.54 Å². The van der Waals surface area contributed by atoms with Crippen LogP contribution < -0.4 is 10.2 Å². The zero-order valence-electron chi connectivity index (χ0n) is 10.7. The molecular formula is C13H10N4O3S. The van der Waals surface area contributed by atoms with Crippen molar-refractivity contribution in [1.29, 1.82) is 0 Å². The van der Waals surface area contributed by atoms with E-state index in [1.54, 1.807) is 23.6 Å². The molecule has 1 aromatic carbocycles. The van der Waals surface area contributed by atoms with Crippen molar-refractivity contribution in [2.45, 2.75) is 6.54 Å². The first-order chi connectivity index (χ1) is 10.1. The Morgan fingerprint density at radius 1 is 1.38 bits per heavy atom. The summed E-state index contributed by atoms with van der Waals surface area (Å²) in [6.45, 7) is 0.431. The number of rotatable bonds is 4. The third kappa shape index (κ3) is 2.61. The van der Waals surface area contributed by atoms with Gasteiger partial charge in [-0.05, 0) is 18.2 Å². The average molecular weight is 302 g/mol. The molecule has 0 fully saturated rings. The minimum Gasteiger partial charge on any atom is -0.379 e. The number of non-ortho nitro benzene ring substituents is 1. The van der Waals surface area contributed by atoms with Gasteiger partial charge < -0.3 is 10.3 Å². The van der Waals surface area contributed by atoms with Crippen LogP contribution in [0, 0.1) is 10.1 Å². The van der Waals surface area contributed by atoms with Crippen molar-refractivity contribution in [2.24, 2.45) is 0 Å². The number of pyridine rings is 1. The zero-order chi connectivity index (χ0) is 14.8. The maximum absolute atomic E-state index is 11.1. The number of nitro groups is 1. The highest BCUT2D eigenvalue weighted by Crippen LogP contribution is 2.29. The minimum absolute atomic E-state index is 0.0277. The Labute approximate surface area is 122 Å². The van der Waals surface area contributed by atoms with Gasteiger partial charge in [0.1, 0.15) is 5.52 Å². The van der Waals surface area contributed by atoms with E-state index >= 15 is 0 Å². The number of fused-ring (bicyclic) bond motifs is 1. The molecule has 0 spiro atoms. The number of nitrogens with zero attached hydrogens (tertiary/aromatic N) is 2. The molecule has 0 aliphatic rings. The number of benzene rings is 1. The fraction of sp³-hybridized carbons (Fsp3) is 0.0769. The summed E-state index contributed by atoms with van der Waals surface area (Å²) in [5.74, 6) is 0. The van der Waals surface area contributed by atoms with Gasteiger partial charge in [0.15, 0.2) is 0 Å². The van der Waals surface area contributed by atoms with Crippen molar-refractivity contribution in [3.63, 3.8) is 0 Å². The van der Waals surface area contributed by atoms with E-state index in [9.17, 15) is 14.9 Å². The molecule has 8 heteroatoms. The van der Waals surface area contributed by atoms with Gasteiger partial charge in [-0.2, -0.15) is 0 Å². The van der Waals surface area contributed by atoms with Crippen molar-refractivity contribution in [2.75, 3.05) is 5.32 Å². The van der Waals surface area contributed by atoms with Gasteiger partial charge in [-0.15, -0.1) is 0 Å². The first kappa shape index (κ1) is 13.3. The lowest BCUT2D eigenvalue weighted by molar-refractivity contribution is -0.383. The van der Waals surface area contributed by atoms with Gasteiger partial charge in [0, 0.05) is 34.4 Å². The van der Waals surface area contributed by atoms with E-state index in [4.69, 9.17) is 0 Å². The van der Waals surface area contributed by atoms with Gasteiger partial charge in [-0.3, -0.25) is 14.9 Å². The Hall–Kier alpha value is -2.74. The summed E-state index contributed by atoms with van der Waals surface area (Å²) in [6.07, 6.45) is 1.52. The largest absolute Gasteiger partial charge is 0.379 e. The fourth-order valence-electron chi connectivity index (χ4n) is 2.05. The monoisotopic (exact) mass is 302 g/mol. The molecule has 21 heavy (non-hydrogen) atoms. The molecule has 0 saturated carbocycles. The van der Waals surface area contributed by atoms with Crippen LogP contribution in [0.4, 0.5) is 11.4 Å². The summed E-state index contributed by atoms with van der Waals surface area (Å²) < 4.78 is 0. The maximum Gasteiger partial charge on any atom is 0.304 e. The van der Waals surface area contributed by atoms with Gasteiger partial charge in [0.2, 0.25) is 0 Å². The Bertz CT molecular complexity index is 871. The van der Waals surface area contributed by atoms with Crippen molar-refractivity contribution in [1.82, 2.24) is 9.97 Å². The summed E-state index contributed by atoms with van der Waals surface area (Å²) in [6, 6.07) is 6.57. The molecule has 0 atom stereocenters. The molecule has 0 saturated heterocycles. The number of hydrogen-bond acceptors (Lipinski definition) is 6. The van der Waals surface area contributed by atoms with E-state index in [1.165, 1.54) is 12.3 Å². The number of anilines is 1. The predicted octanol–water partition coefficient (Wildman–Crippen LogP) is 2.50. The lowest BCUT2D eigenvalue weighted by Crippen LogP contribution is -2.03. The van der Waals surface area contributed by atoms with E-state index in [0.717, 1.165) is 22.7 Å². The Balaban J connectivity index is 1.97. The first-order valence-corrected chi connectivity index (χ1v) is 6.96. The van der Waals surface area contributed by atoms with Crippen LogP contribution >= 0.6 is 11.3 Å². The highest BCUT2D eigenvalue weighted by atomic mass is 32.1. The van der Waals surface area contributed by atoms with Crippen LogP contribution in [0.15, 0.2) is 40.6 Å². The van der Waals surface area contributed by atoms with E-state index in [2.05, 4.69) is 15.3 Å². The number of aromatic amines is 1. The van der Waals surface area contributed by atoms with E-state index in [-0.39, 0.29) is 10.6 Å². The van der Waals surface area contributed by atoms with Crippen LogP contribution in [-0.4, -0.2) is 14.9 Å². The number of H-pyrrole nitrogens is 1. The summed E-state index contributed by atoms with van der Waals surface area (Å²) in [4.78, 5) is 28.3. The molecule has 7 nitrogen and oxygen atoms in total. The fourth-order valence-corrected chi connectivity index (χ4v) is 2.63. The number of hydrogen-bond donors (Lipinski definition) is 2. The van der Waals surface area contributed by atoms with Gasteiger partial charge in [0.05, 0.1) is 11.5 Å². The Morgan fingerprint density at radius 2 is 2.24 bits per heavy atom. The normalized spacial score (nSPS) is 10.7. The van der Waals surface area contributed by atoms with Crippen LogP contribution in [0.5, 0.6) is 0 Å². The van der Waals surface area contributed by atoms with Crippen LogP contribution in [0.1, 0.15) is 5.69 Å². The molecule has 0 amide bonds. The molecule has 2 aromatic heterocycles. The Kier molecular flexibility index (Phi) is 3.36. The third-order valence-electron chi connectivity index (χ3n) is 2.99. The number of aromatic nitrogens is 2. The van der Waals surface area contributed by atoms with Crippen LogP contribution in [0.2, 0.25) is 0 Å². The molecule has 0 bridgehead atoms. The minimum atomic E-state index is -0.449. The molecular weight excluding hydrogens is 292 g/mol. The molecule has 0 aliphatic heterocycles. The van der Waals surface area contributed by atoms with Crippen molar-refractivity contribution in [3.8, 4) is 0 Å². The highest BCUT2D eigenvalue weighted by Gasteiger charge is 2.15. The summed E-state index contributed by atoms with van der Waals surface area (Å²) >= 11 is 1.10. The first-order valence-electron chi connectivity index (χ1n) is 6.08. The van der Waals surface area contributed by atoms with Gasteiger partial charge >= 0.3 is 4.87 Å². The van der Waals surface area contributed by atoms with Crippen molar-refractivity contribution < 1.29 is 4.92 Å². The standard InChI is InChI=1S/C13H10N4O3S/c18-13-16-8(7-21-13)6-15-10-3-4-11(17(19)20)12-9(10)2-1-5-14-12/h1-5,7,15H,6H2,(H,16,18). The van der Waals surface area contributed by atoms with E-state index in [0.29, 0.717) is 17.4 Å². The number of nitro benzene ring substituents is 1. The zero-order valence-corrected chi connectivity index (χ0v) is 11.5. The number of thiazole rings is 1. The topological polar surface area (TPSA) is 101 Å². The van der Waals surface area contributed by atoms with E-state index < -0.39 is 4.92 Å². The second kappa shape index (κ2) is 5.33. The molecule has 0 unspecified atom stereocenters. The quantitative estimate of drug-likeness (QED) is 0.569. The third-order valence-corrected chi connectivity index (χ3v) is 3.70. The molecule has 0 radical (unpaired) electrons. The average Bonchev–Trinajstić information content (AvgIpc) is 2.90. The van der Waals surface area contributed by atoms with Crippen molar-refractivity contribution in [3.05, 3.63) is 61.3 Å². The molecule has 2 heterocycles. The molecule has 106 valence electrons. The lowest BCUT2D eigenvalue weighted by atomic mass is 10.1. The lowest BCUT2D eigenvalue weighted by Gasteiger charge is -2.08. The Morgan fingerprint density at radius 3 is 2.95 bits per heavy atom. The second-order valence-electron chi connectivity index (χ2n) is 4.32. The van der Waals surface area contributed by atoms with E-state index in [1.807, 2.05) is 0 Å². The van der Waals surface area contributed by atoms with Gasteiger partial charge in [-0.1, -0.05) is 11.3 Å².